The summed E-state index contributed by atoms with van der Waals surface area (Å²) < 4.78 is 13.7. The predicted molar refractivity (Wildman–Crippen MR) is 110 cm³/mol. The Balaban J connectivity index is 1.83. The van der Waals surface area contributed by atoms with Gasteiger partial charge in [-0.1, -0.05) is 56.6 Å². The summed E-state index contributed by atoms with van der Waals surface area (Å²) in [6, 6.07) is 12.0. The van der Waals surface area contributed by atoms with Crippen LogP contribution in [0.4, 0.5) is 15.8 Å². The number of halogens is 2. The molecule has 0 bridgehead atoms. The summed E-state index contributed by atoms with van der Waals surface area (Å²) in [7, 11) is 0. The smallest absolute Gasteiger partial charge is 0.224 e. The minimum atomic E-state index is -0.677. The van der Waals surface area contributed by atoms with Crippen molar-refractivity contribution < 1.29 is 9.18 Å². The second-order valence-corrected chi connectivity index (χ2v) is 8.73. The molecule has 2 aromatic carbocycles. The molecule has 1 aliphatic rings. The number of amides is 1. The van der Waals surface area contributed by atoms with Gasteiger partial charge in [0.25, 0.3) is 0 Å². The van der Waals surface area contributed by atoms with Crippen LogP contribution in [-0.2, 0) is 24.4 Å². The SMILES string of the molecule is CC(C)(C)CC(=O)Nc1c(Cl)cc(N2CCc3ccccc3C2)cc1CF. The van der Waals surface area contributed by atoms with Gasteiger partial charge in [0.1, 0.15) is 6.67 Å². The molecule has 0 aliphatic carbocycles. The number of carbonyl (C=O) groups is 1. The highest BCUT2D eigenvalue weighted by Crippen LogP contribution is 2.35. The number of carbonyl (C=O) groups excluding carboxylic acids is 1. The van der Waals surface area contributed by atoms with E-state index in [0.29, 0.717) is 22.7 Å². The molecule has 0 atom stereocenters. The van der Waals surface area contributed by atoms with E-state index in [1.54, 1.807) is 6.07 Å². The Kier molecular flexibility index (Phi) is 5.75. The lowest BCUT2D eigenvalue weighted by atomic mass is 9.92. The van der Waals surface area contributed by atoms with E-state index in [1.807, 2.05) is 32.9 Å². The van der Waals surface area contributed by atoms with Gasteiger partial charge in [0.15, 0.2) is 0 Å². The normalized spacial score (nSPS) is 14.0. The molecule has 2 aromatic rings. The van der Waals surface area contributed by atoms with Gasteiger partial charge in [-0.15, -0.1) is 0 Å². The molecule has 1 heterocycles. The van der Waals surface area contributed by atoms with Crippen LogP contribution in [0.5, 0.6) is 0 Å². The van der Waals surface area contributed by atoms with Gasteiger partial charge < -0.3 is 10.2 Å². The molecule has 0 aromatic heterocycles. The highest BCUT2D eigenvalue weighted by Gasteiger charge is 2.21. The van der Waals surface area contributed by atoms with E-state index in [0.717, 1.165) is 25.2 Å². The summed E-state index contributed by atoms with van der Waals surface area (Å²) in [5.74, 6) is -0.154. The molecule has 5 heteroatoms. The predicted octanol–water partition coefficient (Wildman–Crippen LogP) is 5.75. The Labute approximate surface area is 165 Å². The minimum Gasteiger partial charge on any atom is -0.367 e. The van der Waals surface area contributed by atoms with Crippen LogP contribution in [0.15, 0.2) is 36.4 Å². The van der Waals surface area contributed by atoms with Crippen LogP contribution in [0.2, 0.25) is 5.02 Å². The molecule has 0 unspecified atom stereocenters. The lowest BCUT2D eigenvalue weighted by Gasteiger charge is -2.31. The molecular formula is C22H26ClFN2O. The van der Waals surface area contributed by atoms with E-state index in [4.69, 9.17) is 11.6 Å². The Morgan fingerprint density at radius 3 is 2.59 bits per heavy atom. The third-order valence-electron chi connectivity index (χ3n) is 4.75. The maximum atomic E-state index is 13.7. The average molecular weight is 389 g/mol. The van der Waals surface area contributed by atoms with Crippen molar-refractivity contribution in [1.82, 2.24) is 0 Å². The van der Waals surface area contributed by atoms with Crippen LogP contribution in [0.1, 0.15) is 43.9 Å². The van der Waals surface area contributed by atoms with Crippen molar-refractivity contribution in [1.29, 1.82) is 0 Å². The number of fused-ring (bicyclic) bond motifs is 1. The van der Waals surface area contributed by atoms with Crippen LogP contribution in [0.25, 0.3) is 0 Å². The van der Waals surface area contributed by atoms with Crippen LogP contribution < -0.4 is 10.2 Å². The highest BCUT2D eigenvalue weighted by atomic mass is 35.5. The van der Waals surface area contributed by atoms with Gasteiger partial charge in [-0.2, -0.15) is 0 Å². The maximum absolute atomic E-state index is 13.7. The van der Waals surface area contributed by atoms with E-state index in [2.05, 4.69) is 28.4 Å². The highest BCUT2D eigenvalue weighted by molar-refractivity contribution is 6.34. The standard InChI is InChI=1S/C22H26ClFN2O/c1-22(2,3)12-20(27)25-21-17(13-24)10-18(11-19(21)23)26-9-8-15-6-4-5-7-16(15)14-26/h4-7,10-11H,8-9,12-14H2,1-3H3,(H,25,27). The molecule has 0 saturated carbocycles. The van der Waals surface area contributed by atoms with Crippen LogP contribution in [-0.4, -0.2) is 12.5 Å². The summed E-state index contributed by atoms with van der Waals surface area (Å²) >= 11 is 6.44. The number of nitrogens with one attached hydrogen (secondary N) is 1. The first-order chi connectivity index (χ1) is 12.8. The summed E-state index contributed by atoms with van der Waals surface area (Å²) in [5, 5.41) is 3.18. The summed E-state index contributed by atoms with van der Waals surface area (Å²) in [5.41, 5.74) is 4.18. The molecule has 0 saturated heterocycles. The van der Waals surface area contributed by atoms with E-state index in [9.17, 15) is 9.18 Å². The zero-order valence-electron chi connectivity index (χ0n) is 16.1. The van der Waals surface area contributed by atoms with Gasteiger partial charge in [-0.05, 0) is 35.1 Å². The van der Waals surface area contributed by atoms with E-state index >= 15 is 0 Å². The molecule has 0 spiro atoms. The Morgan fingerprint density at radius 1 is 1.22 bits per heavy atom. The fraction of sp³-hybridized carbons (Fsp3) is 0.409. The molecule has 0 fully saturated rings. The number of nitrogens with zero attached hydrogens (tertiary/aromatic N) is 1. The van der Waals surface area contributed by atoms with Crippen molar-refractivity contribution in [2.45, 2.75) is 46.8 Å². The monoisotopic (exact) mass is 388 g/mol. The quantitative estimate of drug-likeness (QED) is 0.723. The Hall–Kier alpha value is -2.07. The first-order valence-electron chi connectivity index (χ1n) is 9.27. The van der Waals surface area contributed by atoms with Crippen molar-refractivity contribution in [3.63, 3.8) is 0 Å². The van der Waals surface area contributed by atoms with Crippen molar-refractivity contribution in [2.24, 2.45) is 5.41 Å². The minimum absolute atomic E-state index is 0.145. The lowest BCUT2D eigenvalue weighted by molar-refractivity contribution is -0.117. The average Bonchev–Trinajstić information content (AvgIpc) is 2.61. The van der Waals surface area contributed by atoms with E-state index in [-0.39, 0.29) is 11.3 Å². The van der Waals surface area contributed by atoms with E-state index in [1.165, 1.54) is 11.1 Å². The third kappa shape index (κ3) is 4.81. The second-order valence-electron chi connectivity index (χ2n) is 8.32. The molecule has 3 rings (SSSR count). The number of rotatable bonds is 4. The molecule has 0 radical (unpaired) electrons. The Morgan fingerprint density at radius 2 is 1.93 bits per heavy atom. The fourth-order valence-corrected chi connectivity index (χ4v) is 3.74. The zero-order chi connectivity index (χ0) is 19.6. The van der Waals surface area contributed by atoms with Crippen molar-refractivity contribution in [3.8, 4) is 0 Å². The second kappa shape index (κ2) is 7.89. The first kappa shape index (κ1) is 19.7. The summed E-state index contributed by atoms with van der Waals surface area (Å²) in [6.07, 6.45) is 1.29. The number of benzene rings is 2. The molecule has 1 amide bonds. The number of anilines is 2. The number of hydrogen-bond acceptors (Lipinski definition) is 2. The molecular weight excluding hydrogens is 363 g/mol. The fourth-order valence-electron chi connectivity index (χ4n) is 3.46. The molecule has 3 nitrogen and oxygen atoms in total. The first-order valence-corrected chi connectivity index (χ1v) is 9.64. The lowest BCUT2D eigenvalue weighted by Crippen LogP contribution is -2.30. The van der Waals surface area contributed by atoms with Gasteiger partial charge >= 0.3 is 0 Å². The van der Waals surface area contributed by atoms with Crippen LogP contribution >= 0.6 is 11.6 Å². The molecule has 144 valence electrons. The zero-order valence-corrected chi connectivity index (χ0v) is 16.9. The summed E-state index contributed by atoms with van der Waals surface area (Å²) in [6.45, 7) is 6.91. The van der Waals surface area contributed by atoms with Crippen molar-refractivity contribution in [2.75, 3.05) is 16.8 Å². The van der Waals surface area contributed by atoms with Gasteiger partial charge in [-0.3, -0.25) is 4.79 Å². The van der Waals surface area contributed by atoms with Crippen molar-refractivity contribution >= 4 is 28.9 Å². The van der Waals surface area contributed by atoms with Gasteiger partial charge in [0.05, 0.1) is 10.7 Å². The van der Waals surface area contributed by atoms with Crippen molar-refractivity contribution in [3.05, 3.63) is 58.1 Å². The molecule has 1 N–H and O–H groups in total. The third-order valence-corrected chi connectivity index (χ3v) is 5.05. The van der Waals surface area contributed by atoms with Gasteiger partial charge in [0, 0.05) is 30.8 Å². The molecule has 1 aliphatic heterocycles. The Bertz CT molecular complexity index is 845. The molecule has 27 heavy (non-hydrogen) atoms. The van der Waals surface area contributed by atoms with E-state index < -0.39 is 6.67 Å². The summed E-state index contributed by atoms with van der Waals surface area (Å²) in [4.78, 5) is 14.5. The van der Waals surface area contributed by atoms with Crippen LogP contribution in [0.3, 0.4) is 0 Å². The largest absolute Gasteiger partial charge is 0.367 e. The van der Waals surface area contributed by atoms with Gasteiger partial charge in [-0.25, -0.2) is 4.39 Å². The van der Waals surface area contributed by atoms with Gasteiger partial charge in [0.2, 0.25) is 5.91 Å². The van der Waals surface area contributed by atoms with Crippen LogP contribution in [0, 0.1) is 5.41 Å². The topological polar surface area (TPSA) is 32.3 Å². The maximum Gasteiger partial charge on any atom is 0.224 e. The number of alkyl halides is 1. The number of hydrogen-bond donors (Lipinski definition) is 1.